The van der Waals surface area contributed by atoms with Gasteiger partial charge in [0.1, 0.15) is 5.69 Å². The number of benzene rings is 1. The second-order valence-electron chi connectivity index (χ2n) is 7.74. The lowest BCUT2D eigenvalue weighted by Gasteiger charge is -2.21. The fourth-order valence-electron chi connectivity index (χ4n) is 4.31. The van der Waals surface area contributed by atoms with E-state index in [4.69, 9.17) is 11.5 Å². The van der Waals surface area contributed by atoms with Crippen molar-refractivity contribution in [1.82, 2.24) is 14.9 Å². The van der Waals surface area contributed by atoms with Crippen LogP contribution in [-0.4, -0.2) is 39.8 Å². The molecule has 0 bridgehead atoms. The third kappa shape index (κ3) is 3.69. The summed E-state index contributed by atoms with van der Waals surface area (Å²) >= 11 is 0. The Hall–Kier alpha value is -2.96. The molecule has 7 heteroatoms. The van der Waals surface area contributed by atoms with Gasteiger partial charge in [-0.1, -0.05) is 12.1 Å². The van der Waals surface area contributed by atoms with E-state index in [9.17, 15) is 9.59 Å². The topological polar surface area (TPSA) is 115 Å². The Bertz CT molecular complexity index is 927. The van der Waals surface area contributed by atoms with Gasteiger partial charge < -0.3 is 16.4 Å². The van der Waals surface area contributed by atoms with Gasteiger partial charge in [-0.3, -0.25) is 9.59 Å². The molecule has 1 fully saturated rings. The molecule has 146 valence electrons. The molecule has 1 unspecified atom stereocenters. The number of nitrogens with two attached hydrogens (primary N) is 2. The molecule has 4 rings (SSSR count). The minimum atomic E-state index is -0.420. The molecule has 1 aromatic heterocycles. The molecule has 2 aromatic rings. The molecule has 1 saturated heterocycles. The number of amides is 2. The van der Waals surface area contributed by atoms with Gasteiger partial charge in [0.25, 0.3) is 5.91 Å². The van der Waals surface area contributed by atoms with Gasteiger partial charge in [-0.25, -0.2) is 9.97 Å². The van der Waals surface area contributed by atoms with Crippen molar-refractivity contribution in [2.75, 3.05) is 18.8 Å². The number of nitrogens with zero attached hydrogens (tertiary/aromatic N) is 3. The lowest BCUT2D eigenvalue weighted by atomic mass is 9.94. The van der Waals surface area contributed by atoms with Crippen molar-refractivity contribution in [3.63, 3.8) is 0 Å². The van der Waals surface area contributed by atoms with Crippen molar-refractivity contribution < 1.29 is 9.59 Å². The molecule has 28 heavy (non-hydrogen) atoms. The van der Waals surface area contributed by atoms with Crippen LogP contribution < -0.4 is 11.5 Å². The molecule has 2 amide bonds. The van der Waals surface area contributed by atoms with Crippen LogP contribution in [0.2, 0.25) is 0 Å². The first kappa shape index (κ1) is 18.4. The fraction of sp³-hybridized carbons (Fsp3) is 0.429. The van der Waals surface area contributed by atoms with E-state index < -0.39 is 5.91 Å². The molecule has 1 atom stereocenters. The molecule has 1 aromatic carbocycles. The Morgan fingerprint density at radius 2 is 2.00 bits per heavy atom. The normalized spacial score (nSPS) is 18.7. The highest BCUT2D eigenvalue weighted by atomic mass is 16.2. The predicted octanol–water partition coefficient (Wildman–Crippen LogP) is 1.74. The van der Waals surface area contributed by atoms with E-state index in [2.05, 4.69) is 9.97 Å². The summed E-state index contributed by atoms with van der Waals surface area (Å²) in [6.45, 7) is 1.38. The highest BCUT2D eigenvalue weighted by molar-refractivity contribution is 5.94. The van der Waals surface area contributed by atoms with E-state index >= 15 is 0 Å². The summed E-state index contributed by atoms with van der Waals surface area (Å²) in [7, 11) is 0. The van der Waals surface area contributed by atoms with Gasteiger partial charge in [-0.05, 0) is 62.1 Å². The summed E-state index contributed by atoms with van der Waals surface area (Å²) in [5.41, 5.74) is 15.2. The molecule has 2 heterocycles. The Kier molecular flexibility index (Phi) is 4.98. The number of rotatable bonds is 4. The lowest BCUT2D eigenvalue weighted by Crippen LogP contribution is -2.32. The predicted molar refractivity (Wildman–Crippen MR) is 106 cm³/mol. The SMILES string of the molecule is NC(=O)c1cccc(CC2CCN(C(=O)c3nc(N)nc4c3CCCC4)C2)c1. The first-order valence-electron chi connectivity index (χ1n) is 9.84. The van der Waals surface area contributed by atoms with E-state index in [1.165, 1.54) is 0 Å². The number of fused-ring (bicyclic) bond motifs is 1. The quantitative estimate of drug-likeness (QED) is 0.839. The van der Waals surface area contributed by atoms with Crippen LogP contribution in [-0.2, 0) is 19.3 Å². The number of aromatic nitrogens is 2. The van der Waals surface area contributed by atoms with Crippen LogP contribution >= 0.6 is 0 Å². The number of likely N-dealkylation sites (tertiary alicyclic amines) is 1. The largest absolute Gasteiger partial charge is 0.368 e. The Morgan fingerprint density at radius 3 is 2.82 bits per heavy atom. The Labute approximate surface area is 164 Å². The molecule has 1 aliphatic carbocycles. The number of carbonyl (C=O) groups excluding carboxylic acids is 2. The third-order valence-electron chi connectivity index (χ3n) is 5.71. The molecule has 1 aliphatic heterocycles. The number of nitrogen functional groups attached to an aromatic ring is 1. The monoisotopic (exact) mass is 379 g/mol. The van der Waals surface area contributed by atoms with Crippen molar-refractivity contribution in [2.45, 2.75) is 38.5 Å². The minimum Gasteiger partial charge on any atom is -0.368 e. The maximum absolute atomic E-state index is 13.1. The molecule has 2 aliphatic rings. The van der Waals surface area contributed by atoms with Crippen LogP contribution in [0.3, 0.4) is 0 Å². The zero-order chi connectivity index (χ0) is 19.7. The second-order valence-corrected chi connectivity index (χ2v) is 7.74. The summed E-state index contributed by atoms with van der Waals surface area (Å²) in [5, 5.41) is 0. The maximum atomic E-state index is 13.1. The van der Waals surface area contributed by atoms with Crippen LogP contribution in [0.15, 0.2) is 24.3 Å². The van der Waals surface area contributed by atoms with Crippen molar-refractivity contribution in [1.29, 1.82) is 0 Å². The third-order valence-corrected chi connectivity index (χ3v) is 5.71. The lowest BCUT2D eigenvalue weighted by molar-refractivity contribution is 0.0779. The van der Waals surface area contributed by atoms with Gasteiger partial charge in [0.2, 0.25) is 11.9 Å². The van der Waals surface area contributed by atoms with Crippen molar-refractivity contribution in [2.24, 2.45) is 11.7 Å². The van der Waals surface area contributed by atoms with Crippen LogP contribution in [0, 0.1) is 5.92 Å². The van der Waals surface area contributed by atoms with E-state index in [1.807, 2.05) is 23.1 Å². The van der Waals surface area contributed by atoms with Gasteiger partial charge in [-0.2, -0.15) is 0 Å². The zero-order valence-electron chi connectivity index (χ0n) is 15.9. The first-order chi connectivity index (χ1) is 13.5. The van der Waals surface area contributed by atoms with Gasteiger partial charge in [0.15, 0.2) is 0 Å². The van der Waals surface area contributed by atoms with E-state index in [0.717, 1.165) is 55.3 Å². The molecular weight excluding hydrogens is 354 g/mol. The van der Waals surface area contributed by atoms with E-state index in [1.54, 1.807) is 6.07 Å². The summed E-state index contributed by atoms with van der Waals surface area (Å²) < 4.78 is 0. The highest BCUT2D eigenvalue weighted by Crippen LogP contribution is 2.27. The number of hydrogen-bond acceptors (Lipinski definition) is 5. The smallest absolute Gasteiger partial charge is 0.272 e. The number of anilines is 1. The zero-order valence-corrected chi connectivity index (χ0v) is 15.9. The molecule has 0 spiro atoms. The molecule has 4 N–H and O–H groups in total. The fourth-order valence-corrected chi connectivity index (χ4v) is 4.31. The van der Waals surface area contributed by atoms with Crippen molar-refractivity contribution in [3.05, 3.63) is 52.3 Å². The van der Waals surface area contributed by atoms with Gasteiger partial charge in [-0.15, -0.1) is 0 Å². The van der Waals surface area contributed by atoms with Crippen molar-refractivity contribution in [3.8, 4) is 0 Å². The van der Waals surface area contributed by atoms with Crippen LogP contribution in [0.25, 0.3) is 0 Å². The van der Waals surface area contributed by atoms with Gasteiger partial charge in [0.05, 0.1) is 0 Å². The summed E-state index contributed by atoms with van der Waals surface area (Å²) in [6, 6.07) is 7.41. The molecular formula is C21H25N5O2. The molecule has 7 nitrogen and oxygen atoms in total. The minimum absolute atomic E-state index is 0.0411. The number of primary amides is 1. The average molecular weight is 379 g/mol. The van der Waals surface area contributed by atoms with Crippen molar-refractivity contribution >= 4 is 17.8 Å². The Morgan fingerprint density at radius 1 is 1.18 bits per heavy atom. The number of carbonyl (C=O) groups is 2. The standard InChI is InChI=1S/C21H25N5O2/c22-19(27)15-5-3-4-13(11-15)10-14-8-9-26(12-14)20(28)18-16-6-1-2-7-17(16)24-21(23)25-18/h3-5,11,14H,1-2,6-10,12H2,(H2,22,27)(H2,23,24,25). The summed E-state index contributed by atoms with van der Waals surface area (Å²) in [4.78, 5) is 35.0. The maximum Gasteiger partial charge on any atom is 0.272 e. The van der Waals surface area contributed by atoms with Gasteiger partial charge >= 0.3 is 0 Å². The average Bonchev–Trinajstić information content (AvgIpc) is 3.15. The van der Waals surface area contributed by atoms with E-state index in [-0.39, 0.29) is 11.9 Å². The molecule has 0 saturated carbocycles. The first-order valence-corrected chi connectivity index (χ1v) is 9.84. The number of hydrogen-bond donors (Lipinski definition) is 2. The van der Waals surface area contributed by atoms with E-state index in [0.29, 0.717) is 30.3 Å². The van der Waals surface area contributed by atoms with Crippen LogP contribution in [0.1, 0.15) is 56.9 Å². The van der Waals surface area contributed by atoms with Gasteiger partial charge in [0, 0.05) is 29.9 Å². The van der Waals surface area contributed by atoms with Crippen LogP contribution in [0.5, 0.6) is 0 Å². The van der Waals surface area contributed by atoms with Crippen LogP contribution in [0.4, 0.5) is 5.95 Å². The second kappa shape index (κ2) is 7.58. The summed E-state index contributed by atoms with van der Waals surface area (Å²) in [6.07, 6.45) is 5.58. The highest BCUT2D eigenvalue weighted by Gasteiger charge is 2.31. The number of aryl methyl sites for hydroxylation is 1. The summed E-state index contributed by atoms with van der Waals surface area (Å²) in [5.74, 6) is 0.0712. The molecule has 0 radical (unpaired) electrons. The Balaban J connectivity index is 1.47.